The maximum atomic E-state index is 11.6. The van der Waals surface area contributed by atoms with Crippen molar-refractivity contribution in [3.05, 3.63) is 28.3 Å². The van der Waals surface area contributed by atoms with Crippen molar-refractivity contribution in [3.63, 3.8) is 0 Å². The van der Waals surface area contributed by atoms with Crippen LogP contribution in [0, 0.1) is 0 Å². The molecule has 0 unspecified atom stereocenters. The van der Waals surface area contributed by atoms with Crippen molar-refractivity contribution in [2.75, 3.05) is 6.79 Å². The molecule has 0 amide bonds. The van der Waals surface area contributed by atoms with Crippen molar-refractivity contribution in [1.82, 2.24) is 0 Å². The highest BCUT2D eigenvalue weighted by atomic mass is 35.5. The van der Waals surface area contributed by atoms with E-state index in [2.05, 4.69) is 0 Å². The Hall–Kier alpha value is -1.26. The van der Waals surface area contributed by atoms with Crippen molar-refractivity contribution in [1.29, 1.82) is 0 Å². The van der Waals surface area contributed by atoms with Crippen LogP contribution in [0.1, 0.15) is 30.4 Å². The van der Waals surface area contributed by atoms with E-state index in [0.717, 1.165) is 12.0 Å². The van der Waals surface area contributed by atoms with E-state index in [9.17, 15) is 9.90 Å². The Labute approximate surface area is 109 Å². The van der Waals surface area contributed by atoms with Crippen LogP contribution in [0.3, 0.4) is 0 Å². The number of rotatable bonds is 2. The summed E-state index contributed by atoms with van der Waals surface area (Å²) in [7, 11) is 0. The molecule has 0 saturated heterocycles. The van der Waals surface area contributed by atoms with E-state index in [0.29, 0.717) is 35.8 Å². The molecule has 1 saturated carbocycles. The fourth-order valence-electron chi connectivity index (χ4n) is 2.75. The molecule has 1 heterocycles. The number of aliphatic carboxylic acids is 1. The lowest BCUT2D eigenvalue weighted by atomic mass is 9.63. The Kier molecular flexibility index (Phi) is 2.72. The van der Waals surface area contributed by atoms with Crippen LogP contribution >= 0.6 is 11.6 Å². The van der Waals surface area contributed by atoms with Gasteiger partial charge in [-0.25, -0.2) is 0 Å². The van der Waals surface area contributed by atoms with Gasteiger partial charge in [-0.3, -0.25) is 4.79 Å². The number of benzene rings is 1. The molecular weight excluding hydrogens is 256 g/mol. The SMILES string of the molecule is O=C(O)C1(c2c(Cl)ccc3c2COCO3)CCC1. The quantitative estimate of drug-likeness (QED) is 0.896. The van der Waals surface area contributed by atoms with Crippen molar-refractivity contribution < 1.29 is 19.4 Å². The number of carboxylic acid groups (broad SMARTS) is 1. The molecule has 5 heteroatoms. The molecular formula is C13H13ClO4. The Balaban J connectivity index is 2.18. The first-order chi connectivity index (χ1) is 8.65. The summed E-state index contributed by atoms with van der Waals surface area (Å²) in [6.07, 6.45) is 2.16. The van der Waals surface area contributed by atoms with Crippen LogP contribution in [-0.4, -0.2) is 17.9 Å². The van der Waals surface area contributed by atoms with Gasteiger partial charge in [-0.2, -0.15) is 0 Å². The van der Waals surface area contributed by atoms with E-state index >= 15 is 0 Å². The average molecular weight is 269 g/mol. The lowest BCUT2D eigenvalue weighted by Gasteiger charge is -2.40. The fraction of sp³-hybridized carbons (Fsp3) is 0.462. The fourth-order valence-corrected chi connectivity index (χ4v) is 3.10. The molecule has 2 aliphatic rings. The lowest BCUT2D eigenvalue weighted by Crippen LogP contribution is -2.43. The van der Waals surface area contributed by atoms with Gasteiger partial charge in [0.2, 0.25) is 0 Å². The lowest BCUT2D eigenvalue weighted by molar-refractivity contribution is -0.147. The monoisotopic (exact) mass is 268 g/mol. The van der Waals surface area contributed by atoms with Gasteiger partial charge < -0.3 is 14.6 Å². The summed E-state index contributed by atoms with van der Waals surface area (Å²) in [5, 5.41) is 10.0. The molecule has 1 aromatic carbocycles. The number of hydrogen-bond donors (Lipinski definition) is 1. The summed E-state index contributed by atoms with van der Waals surface area (Å²) in [5.74, 6) is -0.122. The first-order valence-electron chi connectivity index (χ1n) is 5.91. The second-order valence-corrected chi connectivity index (χ2v) is 5.16. The molecule has 1 aliphatic heterocycles. The predicted octanol–water partition coefficient (Wildman–Crippen LogP) is 2.71. The van der Waals surface area contributed by atoms with Gasteiger partial charge in [-0.05, 0) is 30.5 Å². The number of carboxylic acids is 1. The second kappa shape index (κ2) is 4.14. The molecule has 1 N–H and O–H groups in total. The van der Waals surface area contributed by atoms with Crippen molar-refractivity contribution in [3.8, 4) is 5.75 Å². The van der Waals surface area contributed by atoms with E-state index in [1.807, 2.05) is 0 Å². The number of carbonyl (C=O) groups is 1. The Morgan fingerprint density at radius 3 is 2.78 bits per heavy atom. The Morgan fingerprint density at radius 1 is 1.39 bits per heavy atom. The standard InChI is InChI=1S/C13H13ClO4/c14-9-2-3-10-8(6-17-7-18-10)11(9)13(12(15)16)4-1-5-13/h2-3H,1,4-7H2,(H,15,16). The summed E-state index contributed by atoms with van der Waals surface area (Å²) in [6, 6.07) is 3.49. The molecule has 18 heavy (non-hydrogen) atoms. The molecule has 0 radical (unpaired) electrons. The number of hydrogen-bond acceptors (Lipinski definition) is 3. The van der Waals surface area contributed by atoms with Gasteiger partial charge in [-0.15, -0.1) is 0 Å². The summed E-state index contributed by atoms with van der Waals surface area (Å²) < 4.78 is 10.7. The van der Waals surface area contributed by atoms with Crippen LogP contribution < -0.4 is 4.74 Å². The van der Waals surface area contributed by atoms with E-state index in [-0.39, 0.29) is 6.79 Å². The zero-order valence-corrected chi connectivity index (χ0v) is 10.5. The third-order valence-electron chi connectivity index (χ3n) is 3.86. The minimum absolute atomic E-state index is 0.203. The maximum Gasteiger partial charge on any atom is 0.314 e. The maximum absolute atomic E-state index is 11.6. The van der Waals surface area contributed by atoms with E-state index in [1.165, 1.54) is 0 Å². The summed E-state index contributed by atoms with van der Waals surface area (Å²) >= 11 is 6.23. The van der Waals surface area contributed by atoms with Gasteiger partial charge in [0.25, 0.3) is 0 Å². The van der Waals surface area contributed by atoms with Crippen LogP contribution in [0.5, 0.6) is 5.75 Å². The normalized spacial score (nSPS) is 20.5. The summed E-state index contributed by atoms with van der Waals surface area (Å²) in [6.45, 7) is 0.564. The third-order valence-corrected chi connectivity index (χ3v) is 4.17. The van der Waals surface area contributed by atoms with Gasteiger partial charge in [0.15, 0.2) is 6.79 Å². The van der Waals surface area contributed by atoms with Crippen LogP contribution in [0.4, 0.5) is 0 Å². The van der Waals surface area contributed by atoms with E-state index in [1.54, 1.807) is 12.1 Å². The van der Waals surface area contributed by atoms with Gasteiger partial charge in [0, 0.05) is 10.6 Å². The van der Waals surface area contributed by atoms with Gasteiger partial charge in [0.05, 0.1) is 12.0 Å². The Morgan fingerprint density at radius 2 is 2.17 bits per heavy atom. The number of fused-ring (bicyclic) bond motifs is 1. The molecule has 0 bridgehead atoms. The molecule has 96 valence electrons. The first-order valence-corrected chi connectivity index (χ1v) is 6.29. The van der Waals surface area contributed by atoms with Crippen molar-refractivity contribution in [2.24, 2.45) is 0 Å². The van der Waals surface area contributed by atoms with Crippen molar-refractivity contribution >= 4 is 17.6 Å². The highest BCUT2D eigenvalue weighted by Gasteiger charge is 2.49. The largest absolute Gasteiger partial charge is 0.481 e. The second-order valence-electron chi connectivity index (χ2n) is 4.75. The predicted molar refractivity (Wildman–Crippen MR) is 64.9 cm³/mol. The molecule has 3 rings (SSSR count). The summed E-state index contributed by atoms with van der Waals surface area (Å²) in [4.78, 5) is 11.6. The van der Waals surface area contributed by atoms with E-state index in [4.69, 9.17) is 21.1 Å². The highest BCUT2D eigenvalue weighted by molar-refractivity contribution is 6.32. The molecule has 4 nitrogen and oxygen atoms in total. The molecule has 1 fully saturated rings. The molecule has 0 atom stereocenters. The van der Waals surface area contributed by atoms with Crippen LogP contribution in [0.25, 0.3) is 0 Å². The Bertz CT molecular complexity index is 508. The zero-order chi connectivity index (χ0) is 12.8. The van der Waals surface area contributed by atoms with Crippen LogP contribution in [-0.2, 0) is 21.6 Å². The number of ether oxygens (including phenoxy) is 2. The average Bonchev–Trinajstić information content (AvgIpc) is 2.30. The number of halogens is 1. The topological polar surface area (TPSA) is 55.8 Å². The molecule has 0 spiro atoms. The zero-order valence-electron chi connectivity index (χ0n) is 9.74. The minimum atomic E-state index is -0.855. The van der Waals surface area contributed by atoms with Crippen LogP contribution in [0.2, 0.25) is 5.02 Å². The van der Waals surface area contributed by atoms with Gasteiger partial charge in [0.1, 0.15) is 5.75 Å². The van der Waals surface area contributed by atoms with Crippen molar-refractivity contribution in [2.45, 2.75) is 31.3 Å². The molecule has 0 aromatic heterocycles. The smallest absolute Gasteiger partial charge is 0.314 e. The van der Waals surface area contributed by atoms with Gasteiger partial charge in [-0.1, -0.05) is 18.0 Å². The minimum Gasteiger partial charge on any atom is -0.481 e. The molecule has 1 aromatic rings. The van der Waals surface area contributed by atoms with Crippen LogP contribution in [0.15, 0.2) is 12.1 Å². The third kappa shape index (κ3) is 1.52. The van der Waals surface area contributed by atoms with Gasteiger partial charge >= 0.3 is 5.97 Å². The highest BCUT2D eigenvalue weighted by Crippen LogP contribution is 2.50. The first kappa shape index (κ1) is 11.8. The molecule has 1 aliphatic carbocycles. The van der Waals surface area contributed by atoms with E-state index < -0.39 is 11.4 Å². The summed E-state index contributed by atoms with van der Waals surface area (Å²) in [5.41, 5.74) is 0.614.